The molecule has 3 rings (SSSR count). The van der Waals surface area contributed by atoms with Gasteiger partial charge in [-0.1, -0.05) is 71.7 Å². The molecule has 1 aliphatic rings. The first kappa shape index (κ1) is 23.5. The van der Waals surface area contributed by atoms with Crippen molar-refractivity contribution < 1.29 is 18.5 Å². The summed E-state index contributed by atoms with van der Waals surface area (Å²) in [7, 11) is -1.20. The molecular weight excluding hydrogens is 466 g/mol. The minimum absolute atomic E-state index is 0.370. The van der Waals surface area contributed by atoms with Crippen LogP contribution in [0.3, 0.4) is 0 Å². The van der Waals surface area contributed by atoms with E-state index >= 15 is 0 Å². The number of nitrogens with one attached hydrogen (secondary N) is 4. The molecule has 1 unspecified atom stereocenters. The Balaban J connectivity index is 1.65. The molecule has 0 saturated carbocycles. The van der Waals surface area contributed by atoms with Crippen LogP contribution in [0.5, 0.6) is 0 Å². The summed E-state index contributed by atoms with van der Waals surface area (Å²) in [6.07, 6.45) is 0.359. The first-order chi connectivity index (χ1) is 14.9. The van der Waals surface area contributed by atoms with Crippen molar-refractivity contribution in [3.63, 3.8) is 0 Å². The molecule has 166 valence electrons. The summed E-state index contributed by atoms with van der Waals surface area (Å²) in [5.41, 5.74) is 11.3. The van der Waals surface area contributed by atoms with Crippen LogP contribution in [-0.4, -0.2) is 32.8 Å². The Morgan fingerprint density at radius 2 is 1.71 bits per heavy atom. The molecule has 1 aliphatic heterocycles. The molecule has 0 saturated heterocycles. The van der Waals surface area contributed by atoms with E-state index in [2.05, 4.69) is 21.7 Å². The Hall–Kier alpha value is -2.17. The molecule has 11 heteroatoms. The van der Waals surface area contributed by atoms with Crippen LogP contribution in [-0.2, 0) is 21.3 Å². The lowest BCUT2D eigenvalue weighted by molar-refractivity contribution is -0.121. The third-order valence-corrected chi connectivity index (χ3v) is 6.32. The smallest absolute Gasteiger partial charge is 0.253 e. The number of aliphatic hydroxyl groups excluding tert-OH is 1. The minimum atomic E-state index is -1.34. The average Bonchev–Trinajstić information content (AvgIpc) is 3.32. The number of carbonyl (C=O) groups is 1. The lowest BCUT2D eigenvalue weighted by Gasteiger charge is -2.22. The summed E-state index contributed by atoms with van der Waals surface area (Å²) in [6, 6.07) is 13.4. The number of hydrogen-bond acceptors (Lipinski definition) is 6. The third kappa shape index (κ3) is 6.18. The molecule has 2 aromatic carbocycles. The van der Waals surface area contributed by atoms with Crippen LogP contribution in [0.2, 0.25) is 0 Å². The van der Waals surface area contributed by atoms with Crippen molar-refractivity contribution in [2.24, 2.45) is 0 Å². The quantitative estimate of drug-likeness (QED) is 0.348. The highest BCUT2D eigenvalue weighted by molar-refractivity contribution is 7.88. The normalized spacial score (nSPS) is 16.1. The summed E-state index contributed by atoms with van der Waals surface area (Å²) in [6.45, 7) is -0.976. The summed E-state index contributed by atoms with van der Waals surface area (Å²) >= 11 is 10.9. The average molecular weight is 487 g/mol. The fourth-order valence-electron chi connectivity index (χ4n) is 2.93. The van der Waals surface area contributed by atoms with Gasteiger partial charge < -0.3 is 15.8 Å². The van der Waals surface area contributed by atoms with Gasteiger partial charge in [0.05, 0.1) is 22.6 Å². The minimum Gasteiger partial charge on any atom is -0.386 e. The fourth-order valence-corrected chi connectivity index (χ4v) is 4.07. The lowest BCUT2D eigenvalue weighted by atomic mass is 9.98. The maximum Gasteiger partial charge on any atom is 0.253 e. The summed E-state index contributed by atoms with van der Waals surface area (Å²) in [5.74, 6) is -0.398. The first-order valence-electron chi connectivity index (χ1n) is 9.26. The van der Waals surface area contributed by atoms with Gasteiger partial charge in [0.25, 0.3) is 5.91 Å². The molecule has 31 heavy (non-hydrogen) atoms. The largest absolute Gasteiger partial charge is 0.386 e. The molecule has 1 heterocycles. The molecule has 3 atom stereocenters. The molecule has 1 amide bonds. The zero-order valence-electron chi connectivity index (χ0n) is 16.1. The predicted molar refractivity (Wildman–Crippen MR) is 120 cm³/mol. The second kappa shape index (κ2) is 10.9. The number of rotatable bonds is 9. The molecule has 0 fully saturated rings. The van der Waals surface area contributed by atoms with Crippen molar-refractivity contribution in [1.82, 2.24) is 21.7 Å². The Morgan fingerprint density at radius 3 is 2.23 bits per heavy atom. The number of hydrogen-bond donors (Lipinski definition) is 5. The Morgan fingerprint density at radius 1 is 1.10 bits per heavy atom. The zero-order valence-corrected chi connectivity index (χ0v) is 18.5. The number of carbonyl (C=O) groups excluding carboxylic acids is 1. The molecule has 0 radical (unpaired) electrons. The van der Waals surface area contributed by atoms with Crippen molar-refractivity contribution in [2.75, 3.05) is 6.67 Å². The fraction of sp³-hybridized carbons (Fsp3) is 0.250. The van der Waals surface area contributed by atoms with Crippen molar-refractivity contribution >= 4 is 39.9 Å². The van der Waals surface area contributed by atoms with Gasteiger partial charge in [0.2, 0.25) is 0 Å². The van der Waals surface area contributed by atoms with Crippen molar-refractivity contribution in [1.29, 1.82) is 0 Å². The Labute approximate surface area is 191 Å². The SMILES string of the molecule is O=C(N[C@H](CF)[C@H](O)c1ccc(-c2ccc(CS(=O)C3=CNNN3)cc2)cc1)C(Cl)Cl. The molecular formula is C20H21Cl2FN4O3S. The number of benzene rings is 2. The zero-order chi connectivity index (χ0) is 22.4. The van der Waals surface area contributed by atoms with Gasteiger partial charge in [-0.25, -0.2) is 4.39 Å². The predicted octanol–water partition coefficient (Wildman–Crippen LogP) is 2.30. The second-order valence-electron chi connectivity index (χ2n) is 6.73. The second-order valence-corrected chi connectivity index (χ2v) is 9.24. The number of hydrazine groups is 2. The highest BCUT2D eigenvalue weighted by Gasteiger charge is 2.25. The van der Waals surface area contributed by atoms with Gasteiger partial charge in [-0.3, -0.25) is 14.4 Å². The molecule has 0 aliphatic carbocycles. The summed E-state index contributed by atoms with van der Waals surface area (Å²) in [4.78, 5) is 10.2. The van der Waals surface area contributed by atoms with Crippen LogP contribution in [0, 0.1) is 0 Å². The van der Waals surface area contributed by atoms with Crippen molar-refractivity contribution in [2.45, 2.75) is 22.7 Å². The van der Waals surface area contributed by atoms with E-state index in [1.54, 1.807) is 30.5 Å². The van der Waals surface area contributed by atoms with E-state index in [-0.39, 0.29) is 0 Å². The van der Waals surface area contributed by atoms with Gasteiger partial charge in [0, 0.05) is 6.20 Å². The lowest BCUT2D eigenvalue weighted by Crippen LogP contribution is -2.43. The van der Waals surface area contributed by atoms with Gasteiger partial charge in [0.15, 0.2) is 4.84 Å². The van der Waals surface area contributed by atoms with Crippen LogP contribution in [0.25, 0.3) is 11.1 Å². The van der Waals surface area contributed by atoms with E-state index in [9.17, 15) is 18.5 Å². The Kier molecular flexibility index (Phi) is 8.28. The highest BCUT2D eigenvalue weighted by Crippen LogP contribution is 2.25. The number of halogens is 3. The van der Waals surface area contributed by atoms with E-state index in [4.69, 9.17) is 23.2 Å². The molecule has 7 nitrogen and oxygen atoms in total. The topological polar surface area (TPSA) is 102 Å². The molecule has 5 N–H and O–H groups in total. The summed E-state index contributed by atoms with van der Waals surface area (Å²) < 4.78 is 25.6. The van der Waals surface area contributed by atoms with Crippen molar-refractivity contribution in [3.8, 4) is 11.1 Å². The van der Waals surface area contributed by atoms with E-state index in [0.29, 0.717) is 16.3 Å². The van der Waals surface area contributed by atoms with Gasteiger partial charge in [0.1, 0.15) is 17.8 Å². The van der Waals surface area contributed by atoms with Gasteiger partial charge in [-0.2, -0.15) is 0 Å². The molecule has 0 bridgehead atoms. The van der Waals surface area contributed by atoms with Crippen LogP contribution in [0.1, 0.15) is 17.2 Å². The van der Waals surface area contributed by atoms with Gasteiger partial charge in [-0.15, -0.1) is 5.53 Å². The van der Waals surface area contributed by atoms with Gasteiger partial charge in [-0.05, 0) is 22.3 Å². The van der Waals surface area contributed by atoms with E-state index in [1.165, 1.54) is 0 Å². The van der Waals surface area contributed by atoms with Crippen LogP contribution in [0.15, 0.2) is 59.8 Å². The van der Waals surface area contributed by atoms with E-state index in [0.717, 1.165) is 16.7 Å². The van der Waals surface area contributed by atoms with Crippen molar-refractivity contribution in [3.05, 3.63) is 70.9 Å². The van der Waals surface area contributed by atoms with Crippen LogP contribution >= 0.6 is 23.2 Å². The monoisotopic (exact) mass is 486 g/mol. The number of amides is 1. The number of aliphatic hydroxyl groups is 1. The first-order valence-corrected chi connectivity index (χ1v) is 11.4. The maximum absolute atomic E-state index is 13.3. The number of alkyl halides is 3. The third-order valence-electron chi connectivity index (χ3n) is 4.62. The standard InChI is InChI=1S/C20H21Cl2FN4O3S/c21-19(22)20(29)25-16(9-23)18(28)15-7-5-14(6-8-15)13-3-1-12(2-4-13)11-31(30)17-10-24-27-26-17/h1-8,10,16,18-19,24,26-28H,9,11H2,(H,25,29)/t16-,18-,31?/m1/s1. The maximum atomic E-state index is 13.3. The molecule has 2 aromatic rings. The van der Waals surface area contributed by atoms with Crippen LogP contribution < -0.4 is 21.7 Å². The molecule has 0 spiro atoms. The van der Waals surface area contributed by atoms with Gasteiger partial charge >= 0.3 is 0 Å². The van der Waals surface area contributed by atoms with E-state index in [1.807, 2.05) is 24.3 Å². The molecule has 0 aromatic heterocycles. The Bertz CT molecular complexity index is 958. The highest BCUT2D eigenvalue weighted by atomic mass is 35.5. The summed E-state index contributed by atoms with van der Waals surface area (Å²) in [5, 5.41) is 13.3. The van der Waals surface area contributed by atoms with E-state index < -0.39 is 40.4 Å². The van der Waals surface area contributed by atoms with Crippen LogP contribution in [0.4, 0.5) is 4.39 Å².